The average molecular weight is 521 g/mol. The first-order valence-electron chi connectivity index (χ1n) is 11.1. The van der Waals surface area contributed by atoms with Gasteiger partial charge in [0, 0.05) is 6.42 Å². The molecule has 2 aromatic carbocycles. The average Bonchev–Trinajstić information content (AvgIpc) is 2.91. The molecule has 12 nitrogen and oxygen atoms in total. The molecular formula is C25H32N2O10. The molecular weight excluding hydrogens is 488 g/mol. The molecule has 0 aliphatic carbocycles. The number of rotatable bonds is 9. The number of hydrogen-bond acceptors (Lipinski definition) is 9. The zero-order valence-corrected chi connectivity index (χ0v) is 20.9. The smallest absolute Gasteiger partial charge is 0.351 e. The minimum Gasteiger partial charge on any atom is -0.539 e. The van der Waals surface area contributed by atoms with Gasteiger partial charge in [-0.2, -0.15) is 0 Å². The van der Waals surface area contributed by atoms with Crippen LogP contribution >= 0.6 is 0 Å². The molecule has 4 N–H and O–H groups in total. The maximum absolute atomic E-state index is 12.5. The summed E-state index contributed by atoms with van der Waals surface area (Å²) in [5.74, 6) is -2.72. The number of ether oxygens (including phenoxy) is 4. The SMILES string of the molecule is COc1cc(C(=O)OCCC[NH+]2C=NCC(c3ccccc3)C2)cc(OC)c1OC.O.O=C([O-])C(=O)O. The van der Waals surface area contributed by atoms with Crippen LogP contribution < -0.4 is 24.2 Å². The van der Waals surface area contributed by atoms with Crippen LogP contribution in [0.1, 0.15) is 28.3 Å². The van der Waals surface area contributed by atoms with Crippen LogP contribution in [0.15, 0.2) is 47.5 Å². The van der Waals surface area contributed by atoms with Gasteiger partial charge in [-0.15, -0.1) is 0 Å². The number of methoxy groups -OCH3 is 3. The molecule has 1 heterocycles. The predicted octanol–water partition coefficient (Wildman–Crippen LogP) is -1.03. The normalized spacial score (nSPS) is 15.8. The summed E-state index contributed by atoms with van der Waals surface area (Å²) >= 11 is 0. The number of carbonyl (C=O) groups excluding carboxylic acids is 2. The molecule has 0 bridgehead atoms. The van der Waals surface area contributed by atoms with Crippen molar-refractivity contribution in [1.82, 2.24) is 0 Å². The fraction of sp³-hybridized carbons (Fsp3) is 0.360. The standard InChI is InChI=1S/C23H28N2O5.C2H2O4.H2O/c1-27-20-12-18(13-21(28-2)22(20)29-3)23(26)30-11-7-10-25-15-19(14-24-16-25)17-8-5-4-6-9-17;3-1(4)2(5)6;/h4-6,8-9,12-13,16,19H,7,10-11,14-15H2,1-3H3;(H,3,4)(H,5,6);1H2. The zero-order chi connectivity index (χ0) is 26.5. The lowest BCUT2D eigenvalue weighted by atomic mass is 9.98. The molecule has 0 saturated carbocycles. The van der Waals surface area contributed by atoms with E-state index in [1.54, 1.807) is 12.1 Å². The van der Waals surface area contributed by atoms with Crippen molar-refractivity contribution in [1.29, 1.82) is 0 Å². The Morgan fingerprint density at radius 2 is 1.65 bits per heavy atom. The molecule has 37 heavy (non-hydrogen) atoms. The first-order chi connectivity index (χ1) is 17.3. The second-order valence-corrected chi connectivity index (χ2v) is 7.71. The van der Waals surface area contributed by atoms with Crippen molar-refractivity contribution in [3.05, 3.63) is 53.6 Å². The third kappa shape index (κ3) is 9.43. The maximum Gasteiger partial charge on any atom is 0.351 e. The number of nitrogens with zero attached hydrogens (tertiary/aromatic N) is 1. The lowest BCUT2D eigenvalue weighted by Crippen LogP contribution is -3.12. The molecule has 0 amide bonds. The van der Waals surface area contributed by atoms with Gasteiger partial charge in [-0.25, -0.2) is 14.6 Å². The highest BCUT2D eigenvalue weighted by Gasteiger charge is 2.22. The minimum absolute atomic E-state index is 0. The molecule has 2 aromatic rings. The van der Waals surface area contributed by atoms with Crippen molar-refractivity contribution in [2.24, 2.45) is 4.99 Å². The van der Waals surface area contributed by atoms with Crippen LogP contribution in [0.25, 0.3) is 0 Å². The molecule has 0 saturated heterocycles. The van der Waals surface area contributed by atoms with E-state index in [2.05, 4.69) is 29.3 Å². The number of quaternary nitrogens is 1. The predicted molar refractivity (Wildman–Crippen MR) is 130 cm³/mol. The van der Waals surface area contributed by atoms with Crippen molar-refractivity contribution >= 4 is 24.2 Å². The van der Waals surface area contributed by atoms with Crippen molar-refractivity contribution in [2.75, 3.05) is 47.6 Å². The molecule has 12 heteroatoms. The molecule has 202 valence electrons. The Kier molecular flexibility index (Phi) is 13.1. The topological polar surface area (TPSA) is 180 Å². The first kappa shape index (κ1) is 30.9. The quantitative estimate of drug-likeness (QED) is 0.237. The van der Waals surface area contributed by atoms with Crippen LogP contribution in [0.4, 0.5) is 0 Å². The molecule has 1 aliphatic rings. The molecule has 2 unspecified atom stereocenters. The van der Waals surface area contributed by atoms with Crippen LogP contribution in [-0.2, 0) is 14.3 Å². The molecule has 0 fully saturated rings. The third-order valence-corrected chi connectivity index (χ3v) is 5.33. The fourth-order valence-corrected chi connectivity index (χ4v) is 3.60. The highest BCUT2D eigenvalue weighted by atomic mass is 16.5. The number of nitrogens with one attached hydrogen (secondary N) is 1. The number of aliphatic imine (C=N–C) groups is 1. The van der Waals surface area contributed by atoms with Crippen molar-refractivity contribution in [3.63, 3.8) is 0 Å². The summed E-state index contributed by atoms with van der Waals surface area (Å²) in [6, 6.07) is 13.7. The van der Waals surface area contributed by atoms with E-state index in [0.29, 0.717) is 35.3 Å². The van der Waals surface area contributed by atoms with E-state index < -0.39 is 17.9 Å². The van der Waals surface area contributed by atoms with Gasteiger partial charge < -0.3 is 39.4 Å². The third-order valence-electron chi connectivity index (χ3n) is 5.33. The maximum atomic E-state index is 12.5. The van der Waals surface area contributed by atoms with Gasteiger partial charge in [0.25, 0.3) is 0 Å². The Labute approximate surface area is 214 Å². The molecule has 1 aliphatic heterocycles. The van der Waals surface area contributed by atoms with Crippen LogP contribution in [0.3, 0.4) is 0 Å². The lowest BCUT2D eigenvalue weighted by molar-refractivity contribution is -0.802. The monoisotopic (exact) mass is 520 g/mol. The Bertz CT molecular complexity index is 1020. The highest BCUT2D eigenvalue weighted by molar-refractivity contribution is 6.26. The van der Waals surface area contributed by atoms with Gasteiger partial charge in [0.1, 0.15) is 0 Å². The first-order valence-corrected chi connectivity index (χ1v) is 11.1. The van der Waals surface area contributed by atoms with Crippen LogP contribution in [0.5, 0.6) is 17.2 Å². The van der Waals surface area contributed by atoms with Crippen LogP contribution in [0, 0.1) is 0 Å². The van der Waals surface area contributed by atoms with E-state index >= 15 is 0 Å². The lowest BCUT2D eigenvalue weighted by Gasteiger charge is -2.24. The summed E-state index contributed by atoms with van der Waals surface area (Å²) in [6.45, 7) is 3.01. The Balaban J connectivity index is 0.000000876. The van der Waals surface area contributed by atoms with E-state index in [1.165, 1.54) is 31.8 Å². The molecule has 3 rings (SSSR count). The molecule has 2 atom stereocenters. The number of carboxylic acid groups (broad SMARTS) is 2. The van der Waals surface area contributed by atoms with Crippen molar-refractivity contribution in [2.45, 2.75) is 12.3 Å². The van der Waals surface area contributed by atoms with Gasteiger partial charge in [-0.1, -0.05) is 30.3 Å². The second kappa shape index (κ2) is 15.8. The van der Waals surface area contributed by atoms with Gasteiger partial charge in [0.05, 0.1) is 59.1 Å². The fourth-order valence-electron chi connectivity index (χ4n) is 3.60. The number of carbonyl (C=O) groups is 3. The summed E-state index contributed by atoms with van der Waals surface area (Å²) in [4.78, 5) is 36.3. The Hall–Kier alpha value is -4.16. The van der Waals surface area contributed by atoms with Gasteiger partial charge >= 0.3 is 11.9 Å². The van der Waals surface area contributed by atoms with Crippen LogP contribution in [0.2, 0.25) is 0 Å². The Morgan fingerprint density at radius 1 is 1.05 bits per heavy atom. The Morgan fingerprint density at radius 3 is 2.16 bits per heavy atom. The van der Waals surface area contributed by atoms with Gasteiger partial charge in [0.15, 0.2) is 23.8 Å². The van der Waals surface area contributed by atoms with Gasteiger partial charge in [-0.05, 0) is 17.7 Å². The minimum atomic E-state index is -2.07. The largest absolute Gasteiger partial charge is 0.539 e. The zero-order valence-electron chi connectivity index (χ0n) is 20.9. The number of benzene rings is 2. The van der Waals surface area contributed by atoms with Crippen molar-refractivity contribution < 1.29 is 53.9 Å². The van der Waals surface area contributed by atoms with E-state index in [-0.39, 0.29) is 5.48 Å². The summed E-state index contributed by atoms with van der Waals surface area (Å²) in [6.07, 6.45) is 2.72. The molecule has 0 spiro atoms. The second-order valence-electron chi connectivity index (χ2n) is 7.71. The van der Waals surface area contributed by atoms with E-state index in [4.69, 9.17) is 38.7 Å². The molecule has 0 radical (unpaired) electrons. The summed E-state index contributed by atoms with van der Waals surface area (Å²) in [5, 5.41) is 16.3. The molecule has 0 aromatic heterocycles. The van der Waals surface area contributed by atoms with E-state index in [9.17, 15) is 4.79 Å². The van der Waals surface area contributed by atoms with E-state index in [0.717, 1.165) is 26.1 Å². The highest BCUT2D eigenvalue weighted by Crippen LogP contribution is 2.38. The van der Waals surface area contributed by atoms with Crippen LogP contribution in [-0.4, -0.2) is 82.4 Å². The number of hydrogen-bond donors (Lipinski definition) is 2. The number of aliphatic carboxylic acids is 2. The summed E-state index contributed by atoms with van der Waals surface area (Å²) < 4.78 is 21.3. The number of carboxylic acids is 2. The summed E-state index contributed by atoms with van der Waals surface area (Å²) in [7, 11) is 4.54. The summed E-state index contributed by atoms with van der Waals surface area (Å²) in [5.41, 5.74) is 1.68. The number of esters is 1. The van der Waals surface area contributed by atoms with Crippen molar-refractivity contribution in [3.8, 4) is 17.2 Å². The van der Waals surface area contributed by atoms with Gasteiger partial charge in [-0.3, -0.25) is 4.90 Å². The van der Waals surface area contributed by atoms with Gasteiger partial charge in [0.2, 0.25) is 5.75 Å². The van der Waals surface area contributed by atoms with E-state index in [1.807, 2.05) is 12.4 Å².